The number of amides is 2. The number of nitrogens with zero attached hydrogens (tertiary/aromatic N) is 2. The maximum absolute atomic E-state index is 12.3. The highest BCUT2D eigenvalue weighted by molar-refractivity contribution is 9.10. The molecule has 24 heavy (non-hydrogen) atoms. The molecule has 1 heterocycles. The van der Waals surface area contributed by atoms with E-state index in [1.807, 2.05) is 32.0 Å². The zero-order valence-electron chi connectivity index (χ0n) is 14.3. The maximum Gasteiger partial charge on any atom is 0.238 e. The van der Waals surface area contributed by atoms with E-state index < -0.39 is 0 Å². The molecule has 1 aromatic carbocycles. The van der Waals surface area contributed by atoms with E-state index in [2.05, 4.69) is 21.2 Å². The van der Waals surface area contributed by atoms with Crippen molar-refractivity contribution in [2.45, 2.75) is 20.0 Å². The van der Waals surface area contributed by atoms with Gasteiger partial charge >= 0.3 is 0 Å². The van der Waals surface area contributed by atoms with E-state index in [1.165, 1.54) is 0 Å². The van der Waals surface area contributed by atoms with Crippen molar-refractivity contribution in [1.29, 1.82) is 0 Å². The zero-order valence-corrected chi connectivity index (χ0v) is 15.9. The Morgan fingerprint density at radius 3 is 2.83 bits per heavy atom. The van der Waals surface area contributed by atoms with Gasteiger partial charge < -0.3 is 15.0 Å². The van der Waals surface area contributed by atoms with Crippen LogP contribution in [0, 0.1) is 6.92 Å². The highest BCUT2D eigenvalue weighted by atomic mass is 79.9. The minimum absolute atomic E-state index is 0.0280. The van der Waals surface area contributed by atoms with Gasteiger partial charge in [0.1, 0.15) is 0 Å². The second-order valence-electron chi connectivity index (χ2n) is 6.20. The molecule has 0 spiro atoms. The molecule has 0 bridgehead atoms. The molecule has 1 atom stereocenters. The molecule has 1 fully saturated rings. The fourth-order valence-corrected chi connectivity index (χ4v) is 3.11. The molecule has 2 rings (SSSR count). The highest BCUT2D eigenvalue weighted by Gasteiger charge is 2.22. The molecule has 1 saturated heterocycles. The summed E-state index contributed by atoms with van der Waals surface area (Å²) in [5, 5.41) is 2.88. The smallest absolute Gasteiger partial charge is 0.238 e. The van der Waals surface area contributed by atoms with Gasteiger partial charge in [-0.1, -0.05) is 15.9 Å². The van der Waals surface area contributed by atoms with Crippen molar-refractivity contribution in [1.82, 2.24) is 9.80 Å². The van der Waals surface area contributed by atoms with Crippen LogP contribution in [0.3, 0.4) is 0 Å². The van der Waals surface area contributed by atoms with E-state index >= 15 is 0 Å². The number of likely N-dealkylation sites (N-methyl/N-ethyl adjacent to an activating group) is 1. The summed E-state index contributed by atoms with van der Waals surface area (Å²) in [7, 11) is 1.77. The first kappa shape index (κ1) is 18.9. The minimum Gasteiger partial charge on any atom is -0.375 e. The Morgan fingerprint density at radius 2 is 2.17 bits per heavy atom. The highest BCUT2D eigenvalue weighted by Crippen LogP contribution is 2.19. The van der Waals surface area contributed by atoms with Gasteiger partial charge in [0.15, 0.2) is 0 Å². The quantitative estimate of drug-likeness (QED) is 0.823. The summed E-state index contributed by atoms with van der Waals surface area (Å²) in [6.07, 6.45) is 0.0664. The second kappa shape index (κ2) is 8.60. The van der Waals surface area contributed by atoms with Gasteiger partial charge in [0.05, 0.1) is 25.8 Å². The third-order valence-corrected chi connectivity index (χ3v) is 4.37. The summed E-state index contributed by atoms with van der Waals surface area (Å²) in [6.45, 7) is 6.07. The summed E-state index contributed by atoms with van der Waals surface area (Å²) in [5.74, 6) is -0.105. The molecule has 0 radical (unpaired) electrons. The number of morpholine rings is 1. The fraction of sp³-hybridized carbons (Fsp3) is 0.529. The third kappa shape index (κ3) is 5.58. The van der Waals surface area contributed by atoms with Gasteiger partial charge in [0, 0.05) is 23.2 Å². The summed E-state index contributed by atoms with van der Waals surface area (Å²) >= 11 is 3.40. The molecule has 0 saturated carbocycles. The number of rotatable bonds is 5. The van der Waals surface area contributed by atoms with Gasteiger partial charge in [-0.3, -0.25) is 14.5 Å². The third-order valence-electron chi connectivity index (χ3n) is 3.88. The van der Waals surface area contributed by atoms with Crippen LogP contribution in [0.1, 0.15) is 12.5 Å². The summed E-state index contributed by atoms with van der Waals surface area (Å²) in [6, 6.07) is 5.69. The Morgan fingerprint density at radius 1 is 1.42 bits per heavy atom. The van der Waals surface area contributed by atoms with Gasteiger partial charge in [-0.2, -0.15) is 0 Å². The molecule has 6 nitrogen and oxygen atoms in total. The number of halogens is 1. The van der Waals surface area contributed by atoms with Crippen LogP contribution in [0.15, 0.2) is 22.7 Å². The monoisotopic (exact) mass is 397 g/mol. The average molecular weight is 398 g/mol. The molecule has 1 N–H and O–H groups in total. The Bertz CT molecular complexity index is 609. The lowest BCUT2D eigenvalue weighted by Crippen LogP contribution is -2.48. The zero-order chi connectivity index (χ0) is 17.7. The molecule has 2 amide bonds. The number of aryl methyl sites for hydroxylation is 1. The lowest BCUT2D eigenvalue weighted by atomic mass is 10.2. The summed E-state index contributed by atoms with van der Waals surface area (Å²) < 4.78 is 6.41. The van der Waals surface area contributed by atoms with Crippen LogP contribution >= 0.6 is 15.9 Å². The number of carbonyl (C=O) groups excluding carboxylic acids is 2. The molecule has 7 heteroatoms. The van der Waals surface area contributed by atoms with Crippen molar-refractivity contribution in [2.24, 2.45) is 0 Å². The Hall–Kier alpha value is -1.44. The largest absolute Gasteiger partial charge is 0.375 e. The summed E-state index contributed by atoms with van der Waals surface area (Å²) in [4.78, 5) is 28.0. The van der Waals surface area contributed by atoms with Crippen LogP contribution in [-0.2, 0) is 14.3 Å². The first-order valence-corrected chi connectivity index (χ1v) is 8.78. The number of hydrogen-bond donors (Lipinski definition) is 1. The fourth-order valence-electron chi connectivity index (χ4n) is 2.63. The van der Waals surface area contributed by atoms with E-state index in [1.54, 1.807) is 16.8 Å². The molecule has 1 aliphatic heterocycles. The van der Waals surface area contributed by atoms with Gasteiger partial charge in [-0.05, 0) is 44.7 Å². The molecular weight excluding hydrogens is 374 g/mol. The predicted octanol–water partition coefficient (Wildman–Crippen LogP) is 1.88. The van der Waals surface area contributed by atoms with Crippen molar-refractivity contribution in [3.8, 4) is 0 Å². The van der Waals surface area contributed by atoms with Crippen LogP contribution in [0.2, 0.25) is 0 Å². The normalized spacial score (nSPS) is 17.9. The van der Waals surface area contributed by atoms with E-state index in [0.717, 1.165) is 15.7 Å². The predicted molar refractivity (Wildman–Crippen MR) is 97.0 cm³/mol. The van der Waals surface area contributed by atoms with Crippen molar-refractivity contribution >= 4 is 33.4 Å². The maximum atomic E-state index is 12.3. The number of carbonyl (C=O) groups is 2. The first-order chi connectivity index (χ1) is 11.3. The van der Waals surface area contributed by atoms with Crippen LogP contribution in [0.25, 0.3) is 0 Å². The van der Waals surface area contributed by atoms with Gasteiger partial charge in [-0.25, -0.2) is 0 Å². The van der Waals surface area contributed by atoms with Crippen LogP contribution in [0.5, 0.6) is 0 Å². The molecule has 1 aromatic rings. The van der Waals surface area contributed by atoms with Gasteiger partial charge in [0.25, 0.3) is 0 Å². The van der Waals surface area contributed by atoms with Gasteiger partial charge in [-0.15, -0.1) is 0 Å². The number of ether oxygens (including phenoxy) is 1. The SMILES string of the molecule is Cc1cc(Br)ccc1NC(=O)CN(C)CC(=O)N1CCOC(C)C1. The first-order valence-electron chi connectivity index (χ1n) is 7.99. The molecule has 132 valence electrons. The summed E-state index contributed by atoms with van der Waals surface area (Å²) in [5.41, 5.74) is 1.77. The van der Waals surface area contributed by atoms with Crippen LogP contribution < -0.4 is 5.32 Å². The Kier molecular flexibility index (Phi) is 6.77. The van der Waals surface area contributed by atoms with Crippen molar-refractivity contribution < 1.29 is 14.3 Å². The molecule has 1 aliphatic rings. The second-order valence-corrected chi connectivity index (χ2v) is 7.12. The van der Waals surface area contributed by atoms with E-state index in [-0.39, 0.29) is 31.0 Å². The van der Waals surface area contributed by atoms with Crippen molar-refractivity contribution in [2.75, 3.05) is 45.2 Å². The Labute approximate surface area is 151 Å². The van der Waals surface area contributed by atoms with Crippen molar-refractivity contribution in [3.05, 3.63) is 28.2 Å². The van der Waals surface area contributed by atoms with E-state index in [4.69, 9.17) is 4.74 Å². The minimum atomic E-state index is -0.133. The number of nitrogens with one attached hydrogen (secondary N) is 1. The van der Waals surface area contributed by atoms with Crippen LogP contribution in [0.4, 0.5) is 5.69 Å². The lowest BCUT2D eigenvalue weighted by Gasteiger charge is -2.32. The lowest BCUT2D eigenvalue weighted by molar-refractivity contribution is -0.139. The van der Waals surface area contributed by atoms with E-state index in [9.17, 15) is 9.59 Å². The number of benzene rings is 1. The molecule has 1 unspecified atom stereocenters. The average Bonchev–Trinajstić information content (AvgIpc) is 2.50. The number of hydrogen-bond acceptors (Lipinski definition) is 4. The topological polar surface area (TPSA) is 61.9 Å². The Balaban J connectivity index is 1.81. The van der Waals surface area contributed by atoms with E-state index in [0.29, 0.717) is 19.7 Å². The molecule has 0 aromatic heterocycles. The van der Waals surface area contributed by atoms with Crippen molar-refractivity contribution in [3.63, 3.8) is 0 Å². The van der Waals surface area contributed by atoms with Crippen LogP contribution in [-0.4, -0.2) is 67.6 Å². The molecular formula is C17H24BrN3O3. The standard InChI is InChI=1S/C17H24BrN3O3/c1-12-8-14(18)4-5-15(12)19-16(22)10-20(3)11-17(23)21-6-7-24-13(2)9-21/h4-5,8,13H,6-7,9-11H2,1-3H3,(H,19,22). The van der Waals surface area contributed by atoms with Gasteiger partial charge in [0.2, 0.25) is 11.8 Å². The molecule has 0 aliphatic carbocycles. The number of anilines is 1.